The quantitative estimate of drug-likeness (QED) is 0.540. The van der Waals surface area contributed by atoms with Gasteiger partial charge in [0.25, 0.3) is 0 Å². The van der Waals surface area contributed by atoms with Crippen molar-refractivity contribution in [3.8, 4) is 0 Å². The van der Waals surface area contributed by atoms with Crippen LogP contribution in [0, 0.1) is 0 Å². The second-order valence-electron chi connectivity index (χ2n) is 8.23. The predicted molar refractivity (Wildman–Crippen MR) is 122 cm³/mol. The molecule has 7 nitrogen and oxygen atoms in total. The minimum absolute atomic E-state index is 0.259. The van der Waals surface area contributed by atoms with Gasteiger partial charge in [0.1, 0.15) is 0 Å². The summed E-state index contributed by atoms with van der Waals surface area (Å²) < 4.78 is 0. The molecule has 1 aromatic carbocycles. The average molecular weight is 408 g/mol. The molecule has 1 aliphatic heterocycles. The van der Waals surface area contributed by atoms with Crippen molar-refractivity contribution in [1.82, 2.24) is 25.5 Å². The van der Waals surface area contributed by atoms with Gasteiger partial charge in [0.15, 0.2) is 5.96 Å². The number of hydrogen-bond donors (Lipinski definition) is 2. The van der Waals surface area contributed by atoms with Gasteiger partial charge in [-0.3, -0.25) is 9.89 Å². The van der Waals surface area contributed by atoms with Crippen LogP contribution in [0.3, 0.4) is 0 Å². The number of rotatable bonds is 7. The van der Waals surface area contributed by atoms with Crippen LogP contribution in [-0.4, -0.2) is 73.7 Å². The Morgan fingerprint density at radius 3 is 2.37 bits per heavy atom. The molecule has 0 radical (unpaired) electrons. The van der Waals surface area contributed by atoms with E-state index < -0.39 is 0 Å². The average Bonchev–Trinajstić information content (AvgIpc) is 2.79. The van der Waals surface area contributed by atoms with Crippen molar-refractivity contribution in [2.24, 2.45) is 4.99 Å². The van der Waals surface area contributed by atoms with Crippen molar-refractivity contribution in [2.75, 3.05) is 57.8 Å². The number of hydrogen-bond acceptors (Lipinski definition) is 5. The molecule has 4 rings (SSSR count). The molecule has 0 atom stereocenters. The van der Waals surface area contributed by atoms with Crippen molar-refractivity contribution < 1.29 is 0 Å². The molecule has 7 heteroatoms. The zero-order valence-electron chi connectivity index (χ0n) is 17.9. The lowest BCUT2D eigenvalue weighted by molar-refractivity contribution is 0.243. The van der Waals surface area contributed by atoms with Gasteiger partial charge >= 0.3 is 0 Å². The summed E-state index contributed by atoms with van der Waals surface area (Å²) in [7, 11) is 1.85. The number of benzene rings is 1. The van der Waals surface area contributed by atoms with Gasteiger partial charge in [0.05, 0.1) is 0 Å². The Kier molecular flexibility index (Phi) is 6.79. The lowest BCUT2D eigenvalue weighted by Crippen LogP contribution is -2.51. The topological polar surface area (TPSA) is 68.7 Å². The minimum atomic E-state index is 0.259. The van der Waals surface area contributed by atoms with Crippen LogP contribution < -0.4 is 15.5 Å². The van der Waals surface area contributed by atoms with E-state index in [2.05, 4.69) is 65.7 Å². The van der Waals surface area contributed by atoms with Crippen LogP contribution in [0.5, 0.6) is 0 Å². The summed E-state index contributed by atoms with van der Waals surface area (Å²) in [5, 5.41) is 7.06. The molecule has 30 heavy (non-hydrogen) atoms. The predicted octanol–water partition coefficient (Wildman–Crippen LogP) is 1.89. The lowest BCUT2D eigenvalue weighted by Gasteiger charge is -2.43. The molecule has 2 aromatic rings. The number of anilines is 1. The fourth-order valence-electron chi connectivity index (χ4n) is 4.39. The molecule has 0 amide bonds. The third-order valence-electron chi connectivity index (χ3n) is 6.44. The molecule has 1 saturated heterocycles. The fraction of sp³-hybridized carbons (Fsp3) is 0.522. The molecule has 0 spiro atoms. The van der Waals surface area contributed by atoms with Crippen LogP contribution in [0.1, 0.15) is 24.8 Å². The Morgan fingerprint density at radius 1 is 1.00 bits per heavy atom. The van der Waals surface area contributed by atoms with Gasteiger partial charge in [-0.05, 0) is 24.5 Å². The number of nitrogens with one attached hydrogen (secondary N) is 2. The van der Waals surface area contributed by atoms with Crippen LogP contribution in [0.25, 0.3) is 0 Å². The highest BCUT2D eigenvalue weighted by molar-refractivity contribution is 5.79. The maximum atomic E-state index is 4.43. The van der Waals surface area contributed by atoms with Crippen molar-refractivity contribution in [3.05, 3.63) is 54.4 Å². The molecule has 2 aliphatic rings. The Bertz CT molecular complexity index is 797. The van der Waals surface area contributed by atoms with Crippen LogP contribution in [-0.2, 0) is 5.41 Å². The van der Waals surface area contributed by atoms with Crippen LogP contribution >= 0.6 is 0 Å². The summed E-state index contributed by atoms with van der Waals surface area (Å²) in [6.45, 7) is 6.83. The third-order valence-corrected chi connectivity index (χ3v) is 6.44. The van der Waals surface area contributed by atoms with Crippen LogP contribution in [0.15, 0.2) is 53.8 Å². The normalized spacial score (nSPS) is 19.2. The largest absolute Gasteiger partial charge is 0.356 e. The molecule has 2 N–H and O–H groups in total. The van der Waals surface area contributed by atoms with E-state index in [0.29, 0.717) is 0 Å². The van der Waals surface area contributed by atoms with E-state index in [-0.39, 0.29) is 5.41 Å². The van der Waals surface area contributed by atoms with Gasteiger partial charge in [-0.1, -0.05) is 36.8 Å². The third kappa shape index (κ3) is 4.90. The van der Waals surface area contributed by atoms with E-state index in [1.807, 2.05) is 25.5 Å². The molecular formula is C23H33N7. The van der Waals surface area contributed by atoms with Gasteiger partial charge in [-0.25, -0.2) is 9.97 Å². The molecule has 0 bridgehead atoms. The van der Waals surface area contributed by atoms with Crippen LogP contribution in [0.4, 0.5) is 5.95 Å². The summed E-state index contributed by atoms with van der Waals surface area (Å²) in [5.74, 6) is 1.73. The summed E-state index contributed by atoms with van der Waals surface area (Å²) >= 11 is 0. The van der Waals surface area contributed by atoms with Gasteiger partial charge in [-0.15, -0.1) is 0 Å². The minimum Gasteiger partial charge on any atom is -0.356 e. The molecular weight excluding hydrogens is 374 g/mol. The summed E-state index contributed by atoms with van der Waals surface area (Å²) in [4.78, 5) is 17.9. The Hall–Kier alpha value is -2.67. The van der Waals surface area contributed by atoms with E-state index in [0.717, 1.165) is 57.7 Å². The highest BCUT2D eigenvalue weighted by atomic mass is 15.3. The first-order valence-corrected chi connectivity index (χ1v) is 11.0. The maximum absolute atomic E-state index is 4.43. The van der Waals surface area contributed by atoms with Gasteiger partial charge in [0, 0.05) is 70.7 Å². The molecule has 1 saturated carbocycles. The molecule has 160 valence electrons. The molecule has 1 aromatic heterocycles. The fourth-order valence-corrected chi connectivity index (χ4v) is 4.39. The van der Waals surface area contributed by atoms with E-state index in [1.54, 1.807) is 0 Å². The Labute approximate surface area is 179 Å². The van der Waals surface area contributed by atoms with Crippen molar-refractivity contribution in [3.63, 3.8) is 0 Å². The zero-order valence-corrected chi connectivity index (χ0v) is 17.9. The smallest absolute Gasteiger partial charge is 0.225 e. The molecule has 0 unspecified atom stereocenters. The van der Waals surface area contributed by atoms with Gasteiger partial charge < -0.3 is 15.5 Å². The zero-order chi connectivity index (χ0) is 20.7. The van der Waals surface area contributed by atoms with Gasteiger partial charge in [-0.2, -0.15) is 0 Å². The second kappa shape index (κ2) is 9.89. The Morgan fingerprint density at radius 2 is 1.73 bits per heavy atom. The summed E-state index contributed by atoms with van der Waals surface area (Å²) in [5.41, 5.74) is 1.70. The first-order valence-electron chi connectivity index (χ1n) is 11.0. The van der Waals surface area contributed by atoms with E-state index >= 15 is 0 Å². The standard InChI is InChI=1S/C23H33N7/c1-24-21(28-19-23(9-5-10-23)20-7-3-2-4-8-20)25-13-14-29-15-17-30(18-16-29)22-26-11-6-12-27-22/h2-4,6-8,11-12H,5,9-10,13-19H2,1H3,(H2,24,25,28). The lowest BCUT2D eigenvalue weighted by atomic mass is 9.64. The van der Waals surface area contributed by atoms with Crippen molar-refractivity contribution in [1.29, 1.82) is 0 Å². The van der Waals surface area contributed by atoms with Crippen LogP contribution in [0.2, 0.25) is 0 Å². The van der Waals surface area contributed by atoms with Gasteiger partial charge in [0.2, 0.25) is 5.95 Å². The molecule has 2 fully saturated rings. The van der Waals surface area contributed by atoms with Crippen molar-refractivity contribution >= 4 is 11.9 Å². The summed E-state index contributed by atoms with van der Waals surface area (Å²) in [6.07, 6.45) is 7.42. The number of aromatic nitrogens is 2. The SMILES string of the molecule is CN=C(NCCN1CCN(c2ncccn2)CC1)NCC1(c2ccccc2)CCC1. The van der Waals surface area contributed by atoms with E-state index in [4.69, 9.17) is 0 Å². The molecule has 1 aliphatic carbocycles. The van der Waals surface area contributed by atoms with E-state index in [9.17, 15) is 0 Å². The first-order chi connectivity index (χ1) is 14.8. The highest BCUT2D eigenvalue weighted by Gasteiger charge is 2.38. The maximum Gasteiger partial charge on any atom is 0.225 e. The van der Waals surface area contributed by atoms with E-state index in [1.165, 1.54) is 24.8 Å². The number of guanidine groups is 1. The monoisotopic (exact) mass is 407 g/mol. The highest BCUT2D eigenvalue weighted by Crippen LogP contribution is 2.43. The summed E-state index contributed by atoms with van der Waals surface area (Å²) in [6, 6.07) is 12.8. The first kappa shape index (κ1) is 20.6. The number of aliphatic imine (C=N–C) groups is 1. The Balaban J connectivity index is 1.18. The number of nitrogens with zero attached hydrogens (tertiary/aromatic N) is 5. The molecule has 2 heterocycles. The second-order valence-corrected chi connectivity index (χ2v) is 8.23. The van der Waals surface area contributed by atoms with Crippen molar-refractivity contribution in [2.45, 2.75) is 24.7 Å². The number of piperazine rings is 1.